The van der Waals surface area contributed by atoms with Gasteiger partial charge in [0.25, 0.3) is 0 Å². The first-order valence-electron chi connectivity index (χ1n) is 6.89. The highest BCUT2D eigenvalue weighted by molar-refractivity contribution is 5.28. The van der Waals surface area contributed by atoms with E-state index in [1.165, 1.54) is 11.6 Å². The van der Waals surface area contributed by atoms with Gasteiger partial charge in [0, 0.05) is 18.7 Å². The van der Waals surface area contributed by atoms with Crippen LogP contribution in [-0.2, 0) is 13.0 Å². The molecule has 0 fully saturated rings. The Bertz CT molecular complexity index is 522. The van der Waals surface area contributed by atoms with E-state index in [0.717, 1.165) is 24.5 Å². The lowest BCUT2D eigenvalue weighted by Crippen LogP contribution is -2.26. The van der Waals surface area contributed by atoms with Crippen molar-refractivity contribution in [3.8, 4) is 5.75 Å². The van der Waals surface area contributed by atoms with Crippen molar-refractivity contribution in [2.45, 2.75) is 32.4 Å². The Labute approximate surface area is 119 Å². The fraction of sp³-hybridized carbons (Fsp3) is 0.294. The Kier molecular flexibility index (Phi) is 5.13. The van der Waals surface area contributed by atoms with E-state index < -0.39 is 5.82 Å². The van der Waals surface area contributed by atoms with Gasteiger partial charge in [-0.2, -0.15) is 0 Å². The number of nitrogens with one attached hydrogen (secondary N) is 1. The summed E-state index contributed by atoms with van der Waals surface area (Å²) >= 11 is 0. The molecule has 20 heavy (non-hydrogen) atoms. The summed E-state index contributed by atoms with van der Waals surface area (Å²) in [7, 11) is 0. The topological polar surface area (TPSA) is 32.3 Å². The first-order valence-corrected chi connectivity index (χ1v) is 6.89. The second-order valence-corrected chi connectivity index (χ2v) is 5.12. The molecule has 3 heteroatoms. The molecule has 0 aliphatic carbocycles. The summed E-state index contributed by atoms with van der Waals surface area (Å²) < 4.78 is 13.1. The summed E-state index contributed by atoms with van der Waals surface area (Å²) in [5.41, 5.74) is 2.08. The molecule has 0 radical (unpaired) electrons. The van der Waals surface area contributed by atoms with Crippen LogP contribution >= 0.6 is 0 Å². The first-order chi connectivity index (χ1) is 9.63. The molecule has 1 atom stereocenters. The third-order valence-corrected chi connectivity index (χ3v) is 3.31. The first kappa shape index (κ1) is 14.5. The lowest BCUT2D eigenvalue weighted by molar-refractivity contribution is 0.465. The van der Waals surface area contributed by atoms with Crippen LogP contribution in [0.3, 0.4) is 0 Å². The molecule has 0 spiro atoms. The molecule has 0 aliphatic heterocycles. The number of halogens is 1. The largest absolute Gasteiger partial charge is 0.508 e. The zero-order valence-electron chi connectivity index (χ0n) is 11.6. The number of aromatic hydroxyl groups is 1. The zero-order chi connectivity index (χ0) is 14.4. The van der Waals surface area contributed by atoms with Gasteiger partial charge in [-0.05, 0) is 43.0 Å². The molecular formula is C17H20FNO. The highest BCUT2D eigenvalue weighted by Gasteiger charge is 2.04. The van der Waals surface area contributed by atoms with Gasteiger partial charge in [0.15, 0.2) is 0 Å². The van der Waals surface area contributed by atoms with Crippen molar-refractivity contribution in [2.24, 2.45) is 0 Å². The van der Waals surface area contributed by atoms with Crippen LogP contribution in [0.25, 0.3) is 0 Å². The molecule has 0 aliphatic rings. The minimum atomic E-state index is -0.404. The molecule has 0 amide bonds. The number of hydrogen-bond donors (Lipinski definition) is 2. The molecule has 2 rings (SSSR count). The second kappa shape index (κ2) is 7.06. The Morgan fingerprint density at radius 2 is 1.85 bits per heavy atom. The summed E-state index contributed by atoms with van der Waals surface area (Å²) in [5, 5.41) is 12.7. The van der Waals surface area contributed by atoms with Gasteiger partial charge in [0.05, 0.1) is 0 Å². The number of aryl methyl sites for hydroxylation is 1. The van der Waals surface area contributed by atoms with Crippen LogP contribution in [0.5, 0.6) is 5.75 Å². The average molecular weight is 273 g/mol. The standard InChI is InChI=1S/C17H20FNO/c1-13(7-8-14-5-3-2-4-6-14)19-12-15-9-16(18)11-17(20)10-15/h2-6,9-11,13,19-20H,7-8,12H2,1H3. The number of benzene rings is 2. The average Bonchev–Trinajstić information content (AvgIpc) is 2.43. The number of hydrogen-bond acceptors (Lipinski definition) is 2. The van der Waals surface area contributed by atoms with Crippen molar-refractivity contribution in [3.05, 3.63) is 65.5 Å². The van der Waals surface area contributed by atoms with Gasteiger partial charge < -0.3 is 10.4 Å². The maximum atomic E-state index is 13.1. The van der Waals surface area contributed by atoms with Crippen molar-refractivity contribution >= 4 is 0 Å². The van der Waals surface area contributed by atoms with E-state index in [1.54, 1.807) is 6.07 Å². The maximum absolute atomic E-state index is 13.1. The van der Waals surface area contributed by atoms with Crippen LogP contribution in [0, 0.1) is 5.82 Å². The molecule has 2 N–H and O–H groups in total. The second-order valence-electron chi connectivity index (χ2n) is 5.12. The summed E-state index contributed by atoms with van der Waals surface area (Å²) in [6.07, 6.45) is 2.04. The summed E-state index contributed by atoms with van der Waals surface area (Å²) in [6, 6.07) is 14.8. The van der Waals surface area contributed by atoms with Crippen LogP contribution in [0.1, 0.15) is 24.5 Å². The van der Waals surface area contributed by atoms with E-state index >= 15 is 0 Å². The fourth-order valence-corrected chi connectivity index (χ4v) is 2.16. The normalized spacial score (nSPS) is 12.3. The van der Waals surface area contributed by atoms with Crippen LogP contribution in [0.2, 0.25) is 0 Å². The van der Waals surface area contributed by atoms with Crippen LogP contribution < -0.4 is 5.32 Å². The van der Waals surface area contributed by atoms with E-state index in [-0.39, 0.29) is 5.75 Å². The lowest BCUT2D eigenvalue weighted by Gasteiger charge is -2.14. The third kappa shape index (κ3) is 4.67. The summed E-state index contributed by atoms with van der Waals surface area (Å²) in [4.78, 5) is 0. The SMILES string of the molecule is CC(CCc1ccccc1)NCc1cc(O)cc(F)c1. The number of rotatable bonds is 6. The van der Waals surface area contributed by atoms with Crippen LogP contribution in [0.15, 0.2) is 48.5 Å². The van der Waals surface area contributed by atoms with E-state index in [0.29, 0.717) is 12.6 Å². The highest BCUT2D eigenvalue weighted by Crippen LogP contribution is 2.14. The predicted molar refractivity (Wildman–Crippen MR) is 79.1 cm³/mol. The van der Waals surface area contributed by atoms with E-state index in [1.807, 2.05) is 18.2 Å². The van der Waals surface area contributed by atoms with Crippen LogP contribution in [0.4, 0.5) is 4.39 Å². The quantitative estimate of drug-likeness (QED) is 0.842. The Morgan fingerprint density at radius 3 is 2.55 bits per heavy atom. The van der Waals surface area contributed by atoms with Crippen LogP contribution in [-0.4, -0.2) is 11.1 Å². The van der Waals surface area contributed by atoms with Crippen molar-refractivity contribution < 1.29 is 9.50 Å². The molecular weight excluding hydrogens is 253 g/mol. The van der Waals surface area contributed by atoms with Gasteiger partial charge in [-0.3, -0.25) is 0 Å². The summed E-state index contributed by atoms with van der Waals surface area (Å²) in [5.74, 6) is -0.433. The number of phenols is 1. The Hall–Kier alpha value is -1.87. The molecule has 2 aromatic carbocycles. The molecule has 0 aromatic heterocycles. The minimum absolute atomic E-state index is 0.0289. The van der Waals surface area contributed by atoms with Gasteiger partial charge in [-0.25, -0.2) is 4.39 Å². The lowest BCUT2D eigenvalue weighted by atomic mass is 10.1. The third-order valence-electron chi connectivity index (χ3n) is 3.31. The molecule has 0 heterocycles. The van der Waals surface area contributed by atoms with Gasteiger partial charge in [-0.1, -0.05) is 30.3 Å². The zero-order valence-corrected chi connectivity index (χ0v) is 11.6. The van der Waals surface area contributed by atoms with Crippen molar-refractivity contribution in [2.75, 3.05) is 0 Å². The molecule has 0 bridgehead atoms. The van der Waals surface area contributed by atoms with Gasteiger partial charge >= 0.3 is 0 Å². The van der Waals surface area contributed by atoms with Crippen molar-refractivity contribution in [3.63, 3.8) is 0 Å². The number of phenolic OH excluding ortho intramolecular Hbond substituents is 1. The Balaban J connectivity index is 1.78. The molecule has 106 valence electrons. The van der Waals surface area contributed by atoms with Crippen molar-refractivity contribution in [1.29, 1.82) is 0 Å². The van der Waals surface area contributed by atoms with E-state index in [4.69, 9.17) is 0 Å². The highest BCUT2D eigenvalue weighted by atomic mass is 19.1. The molecule has 2 nitrogen and oxygen atoms in total. The Morgan fingerprint density at radius 1 is 1.10 bits per heavy atom. The van der Waals surface area contributed by atoms with Crippen molar-refractivity contribution in [1.82, 2.24) is 5.32 Å². The van der Waals surface area contributed by atoms with Gasteiger partial charge in [0.1, 0.15) is 11.6 Å². The molecule has 0 saturated heterocycles. The molecule has 1 unspecified atom stereocenters. The smallest absolute Gasteiger partial charge is 0.127 e. The van der Waals surface area contributed by atoms with Gasteiger partial charge in [0.2, 0.25) is 0 Å². The minimum Gasteiger partial charge on any atom is -0.508 e. The predicted octanol–water partition coefficient (Wildman–Crippen LogP) is 3.64. The van der Waals surface area contributed by atoms with E-state index in [9.17, 15) is 9.50 Å². The van der Waals surface area contributed by atoms with Gasteiger partial charge in [-0.15, -0.1) is 0 Å². The molecule has 2 aromatic rings. The fourth-order valence-electron chi connectivity index (χ4n) is 2.16. The monoisotopic (exact) mass is 273 g/mol. The summed E-state index contributed by atoms with van der Waals surface area (Å²) in [6.45, 7) is 2.67. The maximum Gasteiger partial charge on any atom is 0.127 e. The molecule has 0 saturated carbocycles. The van der Waals surface area contributed by atoms with E-state index in [2.05, 4.69) is 24.4 Å².